The number of benzene rings is 3. The summed E-state index contributed by atoms with van der Waals surface area (Å²) in [6, 6.07) is 12.8. The third kappa shape index (κ3) is 5.34. The van der Waals surface area contributed by atoms with E-state index in [0.717, 1.165) is 24.0 Å². The molecule has 0 saturated carbocycles. The molecule has 0 aliphatic heterocycles. The van der Waals surface area contributed by atoms with Crippen LogP contribution in [0.2, 0.25) is 0 Å². The second kappa shape index (κ2) is 8.96. The molecule has 0 aliphatic rings. The van der Waals surface area contributed by atoms with E-state index in [-0.39, 0.29) is 11.1 Å². The SMILES string of the molecule is CCCc1ccc(-c2ccc(-c3cc(F)c(/C(F)=C/C(F)(F)F)c(F)c3)c(F)c2)cc1. The number of rotatable bonds is 5. The molecule has 3 aromatic rings. The Morgan fingerprint density at radius 3 is 1.84 bits per heavy atom. The lowest BCUT2D eigenvalue weighted by Gasteiger charge is -2.10. The van der Waals surface area contributed by atoms with Gasteiger partial charge in [0.25, 0.3) is 0 Å². The van der Waals surface area contributed by atoms with E-state index in [2.05, 4.69) is 6.92 Å². The Morgan fingerprint density at radius 2 is 1.32 bits per heavy atom. The zero-order chi connectivity index (χ0) is 22.8. The molecule has 0 unspecified atom stereocenters. The quantitative estimate of drug-likeness (QED) is 0.352. The Balaban J connectivity index is 1.96. The van der Waals surface area contributed by atoms with Crippen molar-refractivity contribution >= 4 is 5.83 Å². The molecule has 0 spiro atoms. The summed E-state index contributed by atoms with van der Waals surface area (Å²) in [7, 11) is 0. The van der Waals surface area contributed by atoms with Gasteiger partial charge in [-0.1, -0.05) is 49.7 Å². The van der Waals surface area contributed by atoms with Crippen molar-refractivity contribution in [3.8, 4) is 22.3 Å². The van der Waals surface area contributed by atoms with E-state index in [9.17, 15) is 30.7 Å². The highest BCUT2D eigenvalue weighted by molar-refractivity contribution is 5.73. The van der Waals surface area contributed by atoms with Crippen LogP contribution in [-0.4, -0.2) is 6.18 Å². The molecular formula is C24H17F7. The van der Waals surface area contributed by atoms with Gasteiger partial charge in [0.05, 0.1) is 11.6 Å². The van der Waals surface area contributed by atoms with Gasteiger partial charge in [0.2, 0.25) is 0 Å². The zero-order valence-electron chi connectivity index (χ0n) is 16.3. The minimum atomic E-state index is -5.09. The molecule has 0 N–H and O–H groups in total. The van der Waals surface area contributed by atoms with E-state index in [1.54, 1.807) is 6.07 Å². The molecule has 0 radical (unpaired) electrons. The van der Waals surface area contributed by atoms with Crippen LogP contribution in [0.1, 0.15) is 24.5 Å². The van der Waals surface area contributed by atoms with Gasteiger partial charge in [0, 0.05) is 5.56 Å². The fourth-order valence-electron chi connectivity index (χ4n) is 3.25. The first-order valence-electron chi connectivity index (χ1n) is 9.42. The Hall–Kier alpha value is -3.09. The maximum atomic E-state index is 14.7. The largest absolute Gasteiger partial charge is 0.412 e. The van der Waals surface area contributed by atoms with E-state index in [1.165, 1.54) is 12.1 Å². The van der Waals surface area contributed by atoms with Crippen LogP contribution in [0.15, 0.2) is 60.7 Å². The molecule has 0 amide bonds. The third-order valence-electron chi connectivity index (χ3n) is 4.68. The number of hydrogen-bond donors (Lipinski definition) is 0. The van der Waals surface area contributed by atoms with Gasteiger partial charge >= 0.3 is 6.18 Å². The Kier molecular flexibility index (Phi) is 6.53. The first-order chi connectivity index (χ1) is 14.6. The van der Waals surface area contributed by atoms with Gasteiger partial charge in [0.15, 0.2) is 0 Å². The van der Waals surface area contributed by atoms with Gasteiger partial charge in [-0.3, -0.25) is 0 Å². The molecule has 0 aromatic heterocycles. The van der Waals surface area contributed by atoms with Gasteiger partial charge < -0.3 is 0 Å². The lowest BCUT2D eigenvalue weighted by molar-refractivity contribution is -0.0798. The van der Waals surface area contributed by atoms with Crippen molar-refractivity contribution in [3.63, 3.8) is 0 Å². The molecule has 0 fully saturated rings. The summed E-state index contributed by atoms with van der Waals surface area (Å²) < 4.78 is 93.6. The topological polar surface area (TPSA) is 0 Å². The van der Waals surface area contributed by atoms with Crippen LogP contribution in [0.5, 0.6) is 0 Å². The summed E-state index contributed by atoms with van der Waals surface area (Å²) >= 11 is 0. The highest BCUT2D eigenvalue weighted by Gasteiger charge is 2.28. The summed E-state index contributed by atoms with van der Waals surface area (Å²) in [5.41, 5.74) is 0.543. The molecule has 7 heteroatoms. The molecule has 0 bridgehead atoms. The van der Waals surface area contributed by atoms with E-state index in [0.29, 0.717) is 17.7 Å². The number of allylic oxidation sites excluding steroid dienone is 1. The van der Waals surface area contributed by atoms with Crippen molar-refractivity contribution in [2.24, 2.45) is 0 Å². The zero-order valence-corrected chi connectivity index (χ0v) is 16.3. The molecule has 0 atom stereocenters. The van der Waals surface area contributed by atoms with E-state index in [1.807, 2.05) is 24.3 Å². The maximum Gasteiger partial charge on any atom is 0.412 e. The van der Waals surface area contributed by atoms with Crippen LogP contribution < -0.4 is 0 Å². The lowest BCUT2D eigenvalue weighted by atomic mass is 9.97. The normalized spacial score (nSPS) is 12.3. The van der Waals surface area contributed by atoms with Crippen LogP contribution in [0.3, 0.4) is 0 Å². The minimum Gasteiger partial charge on any atom is -0.206 e. The van der Waals surface area contributed by atoms with Gasteiger partial charge in [-0.05, 0) is 46.9 Å². The summed E-state index contributed by atoms with van der Waals surface area (Å²) in [5.74, 6) is -6.02. The fraction of sp³-hybridized carbons (Fsp3) is 0.167. The number of hydrogen-bond acceptors (Lipinski definition) is 0. The van der Waals surface area contributed by atoms with Gasteiger partial charge in [-0.2, -0.15) is 13.2 Å². The second-order valence-corrected chi connectivity index (χ2v) is 6.99. The van der Waals surface area contributed by atoms with Crippen LogP contribution >= 0.6 is 0 Å². The van der Waals surface area contributed by atoms with Crippen LogP contribution in [0, 0.1) is 17.5 Å². The van der Waals surface area contributed by atoms with Crippen LogP contribution in [-0.2, 0) is 6.42 Å². The van der Waals surface area contributed by atoms with E-state index in [4.69, 9.17) is 0 Å². The summed E-state index contributed by atoms with van der Waals surface area (Å²) in [4.78, 5) is 0. The Morgan fingerprint density at radius 1 is 0.774 bits per heavy atom. The van der Waals surface area contributed by atoms with Gasteiger partial charge in [-0.15, -0.1) is 0 Å². The maximum absolute atomic E-state index is 14.7. The van der Waals surface area contributed by atoms with E-state index < -0.39 is 41.1 Å². The molecule has 162 valence electrons. The van der Waals surface area contributed by atoms with Crippen molar-refractivity contribution in [2.75, 3.05) is 0 Å². The smallest absolute Gasteiger partial charge is 0.206 e. The number of halogens is 7. The van der Waals surface area contributed by atoms with Crippen LogP contribution in [0.4, 0.5) is 30.7 Å². The molecule has 3 rings (SSSR count). The summed E-state index contributed by atoms with van der Waals surface area (Å²) in [6.07, 6.45) is -4.02. The average Bonchev–Trinajstić information content (AvgIpc) is 2.66. The fourth-order valence-corrected chi connectivity index (χ4v) is 3.25. The first kappa shape index (κ1) is 22.6. The molecule has 31 heavy (non-hydrogen) atoms. The highest BCUT2D eigenvalue weighted by atomic mass is 19.4. The molecule has 0 saturated heterocycles. The van der Waals surface area contributed by atoms with Crippen LogP contribution in [0.25, 0.3) is 28.1 Å². The minimum absolute atomic E-state index is 0.170. The lowest BCUT2D eigenvalue weighted by Crippen LogP contribution is -2.04. The highest BCUT2D eigenvalue weighted by Crippen LogP contribution is 2.34. The average molecular weight is 438 g/mol. The summed E-state index contributed by atoms with van der Waals surface area (Å²) in [6.45, 7) is 2.06. The molecule has 3 aromatic carbocycles. The van der Waals surface area contributed by atoms with Crippen molar-refractivity contribution in [3.05, 3.63) is 89.3 Å². The number of aryl methyl sites for hydroxylation is 1. The standard InChI is InChI=1S/C24H17F7/c1-2-3-14-4-6-15(7-5-14)16-8-9-18(19(25)10-16)17-11-20(26)23(21(27)12-17)22(28)13-24(29,30)31/h4-13H,2-3H2,1H3/b22-13-. The monoisotopic (exact) mass is 438 g/mol. The van der Waals surface area contributed by atoms with Crippen molar-refractivity contribution < 1.29 is 30.7 Å². The Labute approximate surface area is 174 Å². The van der Waals surface area contributed by atoms with Crippen molar-refractivity contribution in [1.29, 1.82) is 0 Å². The van der Waals surface area contributed by atoms with Gasteiger partial charge in [0.1, 0.15) is 23.3 Å². The molecular weight excluding hydrogens is 421 g/mol. The predicted octanol–water partition coefficient (Wildman–Crippen LogP) is 8.26. The van der Waals surface area contributed by atoms with Crippen molar-refractivity contribution in [1.82, 2.24) is 0 Å². The van der Waals surface area contributed by atoms with E-state index >= 15 is 0 Å². The third-order valence-corrected chi connectivity index (χ3v) is 4.68. The molecule has 0 heterocycles. The van der Waals surface area contributed by atoms with Crippen molar-refractivity contribution in [2.45, 2.75) is 25.9 Å². The predicted molar refractivity (Wildman–Crippen MR) is 106 cm³/mol. The van der Waals surface area contributed by atoms with Gasteiger partial charge in [-0.25, -0.2) is 17.6 Å². The molecule has 0 nitrogen and oxygen atoms in total. The first-order valence-corrected chi connectivity index (χ1v) is 9.42. The second-order valence-electron chi connectivity index (χ2n) is 6.99. The number of alkyl halides is 3. The summed E-state index contributed by atoms with van der Waals surface area (Å²) in [5, 5.41) is 0. The Bertz CT molecular complexity index is 1090. The molecule has 0 aliphatic carbocycles.